The Balaban J connectivity index is 2.88. The molecule has 0 aliphatic heterocycles. The van der Waals surface area contributed by atoms with Gasteiger partial charge >= 0.3 is 0 Å². The molecule has 0 saturated carbocycles. The molecule has 0 bridgehead atoms. The number of aromatic nitrogens is 2. The van der Waals surface area contributed by atoms with Crippen molar-refractivity contribution in [1.29, 1.82) is 0 Å². The summed E-state index contributed by atoms with van der Waals surface area (Å²) in [5.74, 6) is 0.896. The van der Waals surface area contributed by atoms with Gasteiger partial charge in [0.1, 0.15) is 11.3 Å². The quantitative estimate of drug-likeness (QED) is 0.758. The summed E-state index contributed by atoms with van der Waals surface area (Å²) >= 11 is 9.25. The molecule has 0 unspecified atom stereocenters. The number of benzene rings is 1. The van der Waals surface area contributed by atoms with Crippen LogP contribution in [0.4, 0.5) is 0 Å². The van der Waals surface area contributed by atoms with Crippen LogP contribution in [0.15, 0.2) is 16.6 Å². The van der Waals surface area contributed by atoms with Crippen LogP contribution in [0, 0.1) is 6.92 Å². The lowest BCUT2D eigenvalue weighted by Crippen LogP contribution is -1.72. The van der Waals surface area contributed by atoms with Crippen molar-refractivity contribution in [1.82, 2.24) is 9.97 Å². The van der Waals surface area contributed by atoms with E-state index in [1.54, 1.807) is 0 Å². The Bertz CT molecular complexity index is 436. The Morgan fingerprint density at radius 1 is 1.50 bits per heavy atom. The van der Waals surface area contributed by atoms with Crippen molar-refractivity contribution < 1.29 is 0 Å². The molecule has 2 nitrogen and oxygen atoms in total. The standard InChI is InChI=1S/C8H6BrClN2/c1-4-11-7-3-5(10)2-6(9)8(7)12-4/h2-3H,1H3,(H,11,12). The van der Waals surface area contributed by atoms with Gasteiger partial charge in [0.15, 0.2) is 0 Å². The van der Waals surface area contributed by atoms with Gasteiger partial charge in [0.25, 0.3) is 0 Å². The molecule has 12 heavy (non-hydrogen) atoms. The van der Waals surface area contributed by atoms with Crippen LogP contribution in [-0.2, 0) is 0 Å². The number of nitrogens with one attached hydrogen (secondary N) is 1. The summed E-state index contributed by atoms with van der Waals surface area (Å²) in [7, 11) is 0. The highest BCUT2D eigenvalue weighted by Crippen LogP contribution is 2.26. The Morgan fingerprint density at radius 3 is 3.00 bits per heavy atom. The number of aryl methyl sites for hydroxylation is 1. The number of hydrogen-bond donors (Lipinski definition) is 1. The largest absolute Gasteiger partial charge is 0.342 e. The van der Waals surface area contributed by atoms with Gasteiger partial charge in [-0.1, -0.05) is 11.6 Å². The Morgan fingerprint density at radius 2 is 2.25 bits per heavy atom. The Hall–Kier alpha value is -0.540. The second kappa shape index (κ2) is 2.75. The molecule has 1 aromatic carbocycles. The molecule has 0 aliphatic rings. The topological polar surface area (TPSA) is 28.7 Å². The first-order valence-electron chi connectivity index (χ1n) is 3.48. The van der Waals surface area contributed by atoms with E-state index in [1.807, 2.05) is 19.1 Å². The maximum absolute atomic E-state index is 5.86. The van der Waals surface area contributed by atoms with Crippen molar-refractivity contribution in [2.45, 2.75) is 6.92 Å². The van der Waals surface area contributed by atoms with Gasteiger partial charge in [-0.05, 0) is 35.0 Å². The number of fused-ring (bicyclic) bond motifs is 1. The van der Waals surface area contributed by atoms with E-state index in [-0.39, 0.29) is 0 Å². The summed E-state index contributed by atoms with van der Waals surface area (Å²) in [5.41, 5.74) is 1.89. The fourth-order valence-corrected chi connectivity index (χ4v) is 2.06. The van der Waals surface area contributed by atoms with Crippen molar-refractivity contribution in [3.8, 4) is 0 Å². The molecule has 0 atom stereocenters. The van der Waals surface area contributed by atoms with Gasteiger partial charge in [0.2, 0.25) is 0 Å². The molecule has 0 fully saturated rings. The third kappa shape index (κ3) is 1.23. The zero-order valence-corrected chi connectivity index (χ0v) is 8.70. The summed E-state index contributed by atoms with van der Waals surface area (Å²) in [4.78, 5) is 7.41. The van der Waals surface area contributed by atoms with Gasteiger partial charge in [0.05, 0.1) is 5.52 Å². The first-order valence-corrected chi connectivity index (χ1v) is 4.65. The van der Waals surface area contributed by atoms with Crippen molar-refractivity contribution in [2.75, 3.05) is 0 Å². The number of imidazole rings is 1. The fraction of sp³-hybridized carbons (Fsp3) is 0.125. The number of nitrogens with zero attached hydrogens (tertiary/aromatic N) is 1. The smallest absolute Gasteiger partial charge is 0.104 e. The second-order valence-electron chi connectivity index (χ2n) is 2.61. The van der Waals surface area contributed by atoms with Crippen LogP contribution in [0.1, 0.15) is 5.82 Å². The van der Waals surface area contributed by atoms with E-state index in [4.69, 9.17) is 11.6 Å². The second-order valence-corrected chi connectivity index (χ2v) is 3.90. The molecule has 4 heteroatoms. The average molecular weight is 246 g/mol. The van der Waals surface area contributed by atoms with Crippen molar-refractivity contribution in [3.63, 3.8) is 0 Å². The van der Waals surface area contributed by atoms with E-state index in [1.165, 1.54) is 0 Å². The normalized spacial score (nSPS) is 10.9. The minimum Gasteiger partial charge on any atom is -0.342 e. The summed E-state index contributed by atoms with van der Waals surface area (Å²) in [5, 5.41) is 0.707. The fourth-order valence-electron chi connectivity index (χ4n) is 1.17. The Kier molecular flexibility index (Phi) is 1.85. The molecule has 0 spiro atoms. The predicted octanol–water partition coefficient (Wildman–Crippen LogP) is 3.29. The SMILES string of the molecule is Cc1nc2c(Br)cc(Cl)cc2[nH]1. The van der Waals surface area contributed by atoms with Gasteiger partial charge in [0, 0.05) is 9.50 Å². The van der Waals surface area contributed by atoms with Crippen LogP contribution in [0.5, 0.6) is 0 Å². The molecule has 2 rings (SSSR count). The third-order valence-electron chi connectivity index (χ3n) is 1.62. The average Bonchev–Trinajstić information content (AvgIpc) is 2.29. The number of hydrogen-bond acceptors (Lipinski definition) is 1. The van der Waals surface area contributed by atoms with Crippen molar-refractivity contribution in [3.05, 3.63) is 27.5 Å². The predicted molar refractivity (Wildman–Crippen MR) is 53.5 cm³/mol. The highest BCUT2D eigenvalue weighted by Gasteiger charge is 2.04. The van der Waals surface area contributed by atoms with Gasteiger partial charge < -0.3 is 4.98 Å². The summed E-state index contributed by atoms with van der Waals surface area (Å²) in [6.07, 6.45) is 0. The minimum absolute atomic E-state index is 0.707. The first kappa shape index (κ1) is 8.08. The zero-order chi connectivity index (χ0) is 8.72. The number of halogens is 2. The van der Waals surface area contributed by atoms with Crippen LogP contribution in [0.3, 0.4) is 0 Å². The molecule has 2 aromatic rings. The highest BCUT2D eigenvalue weighted by molar-refractivity contribution is 9.10. The lowest BCUT2D eigenvalue weighted by molar-refractivity contribution is 1.17. The lowest BCUT2D eigenvalue weighted by Gasteiger charge is -1.92. The summed E-state index contributed by atoms with van der Waals surface area (Å²) < 4.78 is 0.925. The molecule has 0 radical (unpaired) electrons. The number of aromatic amines is 1. The van der Waals surface area contributed by atoms with Crippen LogP contribution in [0.25, 0.3) is 11.0 Å². The van der Waals surface area contributed by atoms with E-state index in [9.17, 15) is 0 Å². The molecular weight excluding hydrogens is 239 g/mol. The zero-order valence-electron chi connectivity index (χ0n) is 6.36. The minimum atomic E-state index is 0.707. The molecule has 0 saturated heterocycles. The van der Waals surface area contributed by atoms with E-state index in [0.29, 0.717) is 5.02 Å². The van der Waals surface area contributed by atoms with Gasteiger partial charge in [-0.3, -0.25) is 0 Å². The monoisotopic (exact) mass is 244 g/mol. The van der Waals surface area contributed by atoms with E-state index in [0.717, 1.165) is 21.3 Å². The van der Waals surface area contributed by atoms with Gasteiger partial charge in [-0.15, -0.1) is 0 Å². The maximum atomic E-state index is 5.86. The molecule has 1 heterocycles. The number of H-pyrrole nitrogens is 1. The molecule has 0 amide bonds. The molecule has 0 aliphatic carbocycles. The van der Waals surface area contributed by atoms with E-state index in [2.05, 4.69) is 25.9 Å². The lowest BCUT2D eigenvalue weighted by atomic mass is 10.3. The van der Waals surface area contributed by atoms with Crippen LogP contribution >= 0.6 is 27.5 Å². The summed E-state index contributed by atoms with van der Waals surface area (Å²) in [6, 6.07) is 3.70. The van der Waals surface area contributed by atoms with Crippen LogP contribution < -0.4 is 0 Å². The molecule has 1 N–H and O–H groups in total. The maximum Gasteiger partial charge on any atom is 0.104 e. The van der Waals surface area contributed by atoms with Gasteiger partial charge in [-0.25, -0.2) is 4.98 Å². The van der Waals surface area contributed by atoms with Crippen molar-refractivity contribution >= 4 is 38.6 Å². The number of rotatable bonds is 0. The molecule has 1 aromatic heterocycles. The Labute approximate surface area is 83.1 Å². The van der Waals surface area contributed by atoms with Gasteiger partial charge in [-0.2, -0.15) is 0 Å². The van der Waals surface area contributed by atoms with Crippen LogP contribution in [0.2, 0.25) is 5.02 Å². The first-order chi connectivity index (χ1) is 5.66. The van der Waals surface area contributed by atoms with Crippen LogP contribution in [-0.4, -0.2) is 9.97 Å². The highest BCUT2D eigenvalue weighted by atomic mass is 79.9. The van der Waals surface area contributed by atoms with Crippen molar-refractivity contribution in [2.24, 2.45) is 0 Å². The third-order valence-corrected chi connectivity index (χ3v) is 2.45. The molecular formula is C8H6BrClN2. The van der Waals surface area contributed by atoms with E-state index < -0.39 is 0 Å². The molecule has 62 valence electrons. The van der Waals surface area contributed by atoms with E-state index >= 15 is 0 Å². The summed E-state index contributed by atoms with van der Waals surface area (Å²) in [6.45, 7) is 1.92.